The number of aromatic nitrogens is 2. The Morgan fingerprint density at radius 1 is 1.03 bits per heavy atom. The highest BCUT2D eigenvalue weighted by Crippen LogP contribution is 2.33. The van der Waals surface area contributed by atoms with Crippen LogP contribution in [0.3, 0.4) is 0 Å². The van der Waals surface area contributed by atoms with Crippen LogP contribution in [0.1, 0.15) is 23.2 Å². The summed E-state index contributed by atoms with van der Waals surface area (Å²) in [6.45, 7) is 4.64. The molecule has 0 N–H and O–H groups in total. The molecule has 2 aromatic heterocycles. The van der Waals surface area contributed by atoms with Crippen molar-refractivity contribution in [2.45, 2.75) is 17.7 Å². The van der Waals surface area contributed by atoms with Gasteiger partial charge in [0.05, 0.1) is 5.56 Å². The quantitative estimate of drug-likeness (QED) is 0.590. The van der Waals surface area contributed by atoms with E-state index in [0.29, 0.717) is 17.1 Å². The number of carbonyl (C=O) groups excluding carboxylic acids is 1. The number of fused-ring (bicyclic) bond motifs is 1. The molecule has 0 spiro atoms. The lowest BCUT2D eigenvalue weighted by molar-refractivity contribution is 0.0869. The minimum absolute atomic E-state index is 0. The molecule has 0 aliphatic carbocycles. The lowest BCUT2D eigenvalue weighted by Crippen LogP contribution is -2.47. The zero-order valence-electron chi connectivity index (χ0n) is 15.5. The average molecular weight is 478 g/mol. The van der Waals surface area contributed by atoms with E-state index in [-0.39, 0.29) is 23.8 Å². The van der Waals surface area contributed by atoms with Gasteiger partial charge in [-0.05, 0) is 31.5 Å². The zero-order chi connectivity index (χ0) is 19.7. The van der Waals surface area contributed by atoms with Crippen molar-refractivity contribution in [1.29, 1.82) is 0 Å². The number of nitrogens with zero attached hydrogens (tertiary/aromatic N) is 5. The molecule has 0 unspecified atom stereocenters. The molecule has 0 radical (unpaired) electrons. The fourth-order valence-corrected chi connectivity index (χ4v) is 6.35. The molecule has 0 aromatic carbocycles. The number of amides is 1. The molecule has 4 rings (SSSR count). The molecule has 1 amide bonds. The lowest BCUT2D eigenvalue weighted by atomic mass is 10.2. The van der Waals surface area contributed by atoms with Crippen LogP contribution in [0.15, 0.2) is 27.8 Å². The maximum atomic E-state index is 12.4. The van der Waals surface area contributed by atoms with Gasteiger partial charge in [0.25, 0.3) is 15.9 Å². The maximum Gasteiger partial charge on any atom is 0.269 e. The van der Waals surface area contributed by atoms with E-state index in [9.17, 15) is 13.2 Å². The summed E-state index contributed by atoms with van der Waals surface area (Å²) >= 11 is 7.02. The summed E-state index contributed by atoms with van der Waals surface area (Å²) in [5.41, 5.74) is 0.312. The summed E-state index contributed by atoms with van der Waals surface area (Å²) in [7, 11) is -3.65. The van der Waals surface area contributed by atoms with Crippen molar-refractivity contribution in [2.24, 2.45) is 0 Å². The molecule has 1 saturated heterocycles. The van der Waals surface area contributed by atoms with Crippen molar-refractivity contribution in [1.82, 2.24) is 19.4 Å². The Bertz CT molecular complexity index is 960. The van der Waals surface area contributed by atoms with Crippen molar-refractivity contribution in [3.8, 4) is 0 Å². The monoisotopic (exact) mass is 477 g/mol. The van der Waals surface area contributed by atoms with Gasteiger partial charge in [-0.2, -0.15) is 11.3 Å². The smallest absolute Gasteiger partial charge is 0.269 e. The normalized spacial score (nSPS) is 18.6. The molecule has 0 bridgehead atoms. The molecule has 0 atom stereocenters. The van der Waals surface area contributed by atoms with Crippen molar-refractivity contribution >= 4 is 57.1 Å². The van der Waals surface area contributed by atoms with Crippen LogP contribution in [0.25, 0.3) is 0 Å². The minimum Gasteiger partial charge on any atom is -0.353 e. The summed E-state index contributed by atoms with van der Waals surface area (Å²) in [6, 6.07) is 3.61. The van der Waals surface area contributed by atoms with Crippen LogP contribution < -0.4 is 4.90 Å². The summed E-state index contributed by atoms with van der Waals surface area (Å²) in [6.07, 6.45) is 1.49. The number of thiophene rings is 1. The topological polar surface area (TPSA) is 86.7 Å². The Labute approximate surface area is 184 Å². The molecule has 2 aliphatic heterocycles. The second-order valence-corrected chi connectivity index (χ2v) is 9.74. The van der Waals surface area contributed by atoms with Gasteiger partial charge in [-0.1, -0.05) is 11.6 Å². The summed E-state index contributed by atoms with van der Waals surface area (Å²) in [5, 5.41) is 11.5. The molecule has 2 aliphatic rings. The molecule has 1 fully saturated rings. The first-order valence-electron chi connectivity index (χ1n) is 9.06. The van der Waals surface area contributed by atoms with Gasteiger partial charge in [-0.3, -0.25) is 9.69 Å². The third-order valence-corrected chi connectivity index (χ3v) is 7.97. The second-order valence-electron chi connectivity index (χ2n) is 6.78. The number of anilines is 1. The summed E-state index contributed by atoms with van der Waals surface area (Å²) in [4.78, 5) is 17.0. The third-order valence-electron chi connectivity index (χ3n) is 5.05. The molecule has 29 heavy (non-hydrogen) atoms. The maximum absolute atomic E-state index is 12.4. The number of piperazine rings is 1. The number of halogens is 2. The van der Waals surface area contributed by atoms with Gasteiger partial charge < -0.3 is 4.90 Å². The largest absolute Gasteiger partial charge is 0.353 e. The Morgan fingerprint density at radius 2 is 1.76 bits per heavy atom. The van der Waals surface area contributed by atoms with Crippen molar-refractivity contribution in [3.63, 3.8) is 0 Å². The molecule has 158 valence electrons. The lowest BCUT2D eigenvalue weighted by Gasteiger charge is -2.35. The van der Waals surface area contributed by atoms with Crippen molar-refractivity contribution in [2.75, 3.05) is 44.2 Å². The summed E-state index contributed by atoms with van der Waals surface area (Å²) < 4.78 is 25.9. The minimum atomic E-state index is -3.65. The number of rotatable bonds is 6. The number of hydrogen-bond acceptors (Lipinski definition) is 8. The molecule has 4 heterocycles. The first kappa shape index (κ1) is 22.2. The number of carbonyl (C=O) groups is 1. The molecule has 0 saturated carbocycles. The van der Waals surface area contributed by atoms with Crippen LogP contribution >= 0.6 is 35.3 Å². The Balaban J connectivity index is 0.00000240. The Hall–Kier alpha value is -1.46. The number of sulfonamides is 1. The van der Waals surface area contributed by atoms with Crippen LogP contribution in [0.2, 0.25) is 5.15 Å². The standard InChI is InChI=1S/C17H20ClN5O3S2.ClH/c18-15-3-4-16(20-19-15)22-9-7-21(8-10-22)5-1-2-6-23-17(24)13-11-27-12-14(13)28(23,25)26;/h3-4,11-12H,1-2,5-10H2;1H. The first-order valence-corrected chi connectivity index (χ1v) is 11.8. The zero-order valence-corrected chi connectivity index (χ0v) is 18.7. The van der Waals surface area contributed by atoms with Crippen LogP contribution in [-0.4, -0.2) is 73.0 Å². The van der Waals surface area contributed by atoms with Crippen LogP contribution in [0.5, 0.6) is 0 Å². The number of unbranched alkanes of at least 4 members (excludes halogenated alkanes) is 1. The van der Waals surface area contributed by atoms with Gasteiger partial charge in [-0.15, -0.1) is 22.6 Å². The SMILES string of the molecule is Cl.O=C1c2cscc2S(=O)(=O)N1CCCCN1CCN(c2ccc(Cl)nn2)CC1. The number of hydrogen-bond donors (Lipinski definition) is 0. The highest BCUT2D eigenvalue weighted by Gasteiger charge is 2.41. The Morgan fingerprint density at radius 3 is 2.41 bits per heavy atom. The van der Waals surface area contributed by atoms with E-state index in [0.717, 1.165) is 49.3 Å². The van der Waals surface area contributed by atoms with E-state index in [1.54, 1.807) is 11.4 Å². The molecule has 2 aromatic rings. The van der Waals surface area contributed by atoms with Gasteiger partial charge in [0, 0.05) is 43.5 Å². The van der Waals surface area contributed by atoms with E-state index in [2.05, 4.69) is 20.0 Å². The van der Waals surface area contributed by atoms with E-state index in [1.807, 2.05) is 6.07 Å². The molecule has 8 nitrogen and oxygen atoms in total. The highest BCUT2D eigenvalue weighted by molar-refractivity contribution is 7.90. The average Bonchev–Trinajstić information content (AvgIpc) is 3.25. The molecular weight excluding hydrogens is 457 g/mol. The van der Waals surface area contributed by atoms with Gasteiger partial charge in [0.2, 0.25) is 0 Å². The van der Waals surface area contributed by atoms with E-state index >= 15 is 0 Å². The van der Waals surface area contributed by atoms with E-state index in [1.165, 1.54) is 16.7 Å². The van der Waals surface area contributed by atoms with Crippen LogP contribution in [0.4, 0.5) is 5.82 Å². The predicted molar refractivity (Wildman–Crippen MR) is 115 cm³/mol. The van der Waals surface area contributed by atoms with Gasteiger partial charge >= 0.3 is 0 Å². The molecule has 12 heteroatoms. The fraction of sp³-hybridized carbons (Fsp3) is 0.471. The van der Waals surface area contributed by atoms with Gasteiger partial charge in [-0.25, -0.2) is 12.7 Å². The van der Waals surface area contributed by atoms with Crippen LogP contribution in [0, 0.1) is 0 Å². The van der Waals surface area contributed by atoms with Crippen molar-refractivity contribution in [3.05, 3.63) is 33.6 Å². The molecular formula is C17H21Cl2N5O3S2. The predicted octanol–water partition coefficient (Wildman–Crippen LogP) is 2.36. The second kappa shape index (κ2) is 9.13. The Kier molecular flexibility index (Phi) is 7.00. The van der Waals surface area contributed by atoms with Crippen LogP contribution in [-0.2, 0) is 10.0 Å². The third kappa shape index (κ3) is 4.51. The highest BCUT2D eigenvalue weighted by atomic mass is 35.5. The van der Waals surface area contributed by atoms with Gasteiger partial charge in [0.1, 0.15) is 4.90 Å². The summed E-state index contributed by atoms with van der Waals surface area (Å²) in [5.74, 6) is 0.433. The van der Waals surface area contributed by atoms with E-state index < -0.39 is 15.9 Å². The van der Waals surface area contributed by atoms with Crippen molar-refractivity contribution < 1.29 is 13.2 Å². The first-order chi connectivity index (χ1) is 13.5. The fourth-order valence-electron chi connectivity index (χ4n) is 3.49. The van der Waals surface area contributed by atoms with E-state index in [4.69, 9.17) is 11.6 Å². The van der Waals surface area contributed by atoms with Gasteiger partial charge in [0.15, 0.2) is 11.0 Å².